The van der Waals surface area contributed by atoms with Crippen LogP contribution in [0.4, 0.5) is 0 Å². The molecule has 5 heteroatoms. The molecule has 0 aliphatic heterocycles. The van der Waals surface area contributed by atoms with Gasteiger partial charge in [-0.2, -0.15) is 0 Å². The molecular formula is C28H40N4O. The van der Waals surface area contributed by atoms with Crippen molar-refractivity contribution < 1.29 is 4.79 Å². The smallest absolute Gasteiger partial charge is 0.152 e. The molecule has 1 aromatic rings. The lowest BCUT2D eigenvalue weighted by atomic mass is 9.91. The molecule has 0 spiro atoms. The fourth-order valence-electron chi connectivity index (χ4n) is 3.59. The van der Waals surface area contributed by atoms with Gasteiger partial charge in [-0.3, -0.25) is 4.79 Å². The number of carbonyl (C=O) groups is 1. The van der Waals surface area contributed by atoms with Crippen LogP contribution in [0.15, 0.2) is 75.7 Å². The zero-order chi connectivity index (χ0) is 25.1. The first kappa shape index (κ1) is 27.7. The third-order valence-corrected chi connectivity index (χ3v) is 5.50. The van der Waals surface area contributed by atoms with Crippen LogP contribution in [0.2, 0.25) is 0 Å². The summed E-state index contributed by atoms with van der Waals surface area (Å²) in [5, 5.41) is 3.22. The molecule has 1 aromatic carbocycles. The molecule has 0 unspecified atom stereocenters. The Morgan fingerprint density at radius 3 is 2.21 bits per heavy atom. The lowest BCUT2D eigenvalue weighted by molar-refractivity contribution is -0.104. The van der Waals surface area contributed by atoms with Gasteiger partial charge in [-0.15, -0.1) is 0 Å². The highest BCUT2D eigenvalue weighted by Crippen LogP contribution is 2.30. The summed E-state index contributed by atoms with van der Waals surface area (Å²) in [6.07, 6.45) is 9.75. The van der Waals surface area contributed by atoms with Gasteiger partial charge < -0.3 is 16.0 Å². The minimum atomic E-state index is 0.350. The summed E-state index contributed by atoms with van der Waals surface area (Å²) in [6.45, 7) is 12.1. The van der Waals surface area contributed by atoms with Crippen molar-refractivity contribution in [3.63, 3.8) is 0 Å². The van der Waals surface area contributed by atoms with Crippen molar-refractivity contribution in [2.45, 2.75) is 48.0 Å². The second-order valence-electron chi connectivity index (χ2n) is 8.18. The Kier molecular flexibility index (Phi) is 11.1. The summed E-state index contributed by atoms with van der Waals surface area (Å²) in [5.41, 5.74) is 14.4. The first-order valence-corrected chi connectivity index (χ1v) is 11.3. The van der Waals surface area contributed by atoms with E-state index in [1.165, 1.54) is 16.7 Å². The van der Waals surface area contributed by atoms with E-state index in [4.69, 9.17) is 5.73 Å². The molecule has 1 rings (SSSR count). The SMILES string of the molecule is C\C=C(NC)/C(=C\C(=C\CC)c1c(C)cccc1C)C(/C=O)=C(C)/N=C(N)/C=C(/C)N(C)C. The lowest BCUT2D eigenvalue weighted by Gasteiger charge is -2.17. The molecule has 0 saturated carbocycles. The molecular weight excluding hydrogens is 408 g/mol. The predicted molar refractivity (Wildman–Crippen MR) is 143 cm³/mol. The molecule has 0 aliphatic rings. The normalized spacial score (nSPS) is 14.8. The number of aliphatic imine (C=N–C) groups is 1. The van der Waals surface area contributed by atoms with Gasteiger partial charge in [0.1, 0.15) is 5.84 Å². The molecule has 3 N–H and O–H groups in total. The number of carbonyl (C=O) groups excluding carboxylic acids is 1. The van der Waals surface area contributed by atoms with Gasteiger partial charge >= 0.3 is 0 Å². The highest BCUT2D eigenvalue weighted by atomic mass is 16.1. The lowest BCUT2D eigenvalue weighted by Crippen LogP contribution is -2.15. The van der Waals surface area contributed by atoms with Crippen molar-refractivity contribution >= 4 is 17.7 Å². The molecule has 0 saturated heterocycles. The van der Waals surface area contributed by atoms with E-state index in [1.807, 2.05) is 52.9 Å². The molecule has 178 valence electrons. The van der Waals surface area contributed by atoms with E-state index in [9.17, 15) is 4.79 Å². The average molecular weight is 449 g/mol. The van der Waals surface area contributed by atoms with E-state index in [0.717, 1.165) is 35.2 Å². The number of nitrogens with two attached hydrogens (primary N) is 1. The molecule has 0 atom stereocenters. The second-order valence-corrected chi connectivity index (χ2v) is 8.18. The molecule has 0 aliphatic carbocycles. The van der Waals surface area contributed by atoms with Crippen molar-refractivity contribution in [2.24, 2.45) is 10.7 Å². The number of allylic oxidation sites excluding steroid dienone is 7. The number of hydrogen-bond acceptors (Lipinski definition) is 4. The fourth-order valence-corrected chi connectivity index (χ4v) is 3.59. The van der Waals surface area contributed by atoms with E-state index in [2.05, 4.69) is 61.4 Å². The predicted octanol–water partition coefficient (Wildman–Crippen LogP) is 5.44. The number of aryl methyl sites for hydroxylation is 2. The zero-order valence-electron chi connectivity index (χ0n) is 21.7. The Morgan fingerprint density at radius 2 is 1.76 bits per heavy atom. The number of nitrogens with one attached hydrogen (secondary N) is 1. The van der Waals surface area contributed by atoms with Gasteiger partial charge in [-0.1, -0.05) is 37.3 Å². The summed E-state index contributed by atoms with van der Waals surface area (Å²) in [5.74, 6) is 0.350. The third-order valence-electron chi connectivity index (χ3n) is 5.50. The summed E-state index contributed by atoms with van der Waals surface area (Å²) in [6, 6.07) is 6.29. The van der Waals surface area contributed by atoms with Crippen LogP contribution < -0.4 is 11.1 Å². The molecule has 0 bridgehead atoms. The van der Waals surface area contributed by atoms with Crippen LogP contribution in [0.1, 0.15) is 50.8 Å². The van der Waals surface area contributed by atoms with Crippen molar-refractivity contribution in [1.82, 2.24) is 10.2 Å². The van der Waals surface area contributed by atoms with E-state index in [1.54, 1.807) is 6.08 Å². The maximum atomic E-state index is 12.3. The van der Waals surface area contributed by atoms with Crippen LogP contribution in [0, 0.1) is 13.8 Å². The van der Waals surface area contributed by atoms with Crippen molar-refractivity contribution in [1.29, 1.82) is 0 Å². The Morgan fingerprint density at radius 1 is 1.15 bits per heavy atom. The molecule has 5 nitrogen and oxygen atoms in total. The van der Waals surface area contributed by atoms with E-state index >= 15 is 0 Å². The van der Waals surface area contributed by atoms with Gasteiger partial charge in [0.25, 0.3) is 0 Å². The van der Waals surface area contributed by atoms with Crippen molar-refractivity contribution in [3.05, 3.63) is 87.4 Å². The Balaban J connectivity index is 3.84. The van der Waals surface area contributed by atoms with E-state index in [-0.39, 0.29) is 0 Å². The van der Waals surface area contributed by atoms with Crippen molar-refractivity contribution in [2.75, 3.05) is 21.1 Å². The molecule has 0 radical (unpaired) electrons. The van der Waals surface area contributed by atoms with Gasteiger partial charge in [0, 0.05) is 43.7 Å². The Hall–Kier alpha value is -3.34. The van der Waals surface area contributed by atoms with Gasteiger partial charge in [0.15, 0.2) is 6.29 Å². The molecule has 0 aromatic heterocycles. The molecule has 33 heavy (non-hydrogen) atoms. The van der Waals surface area contributed by atoms with Crippen LogP contribution in [0.5, 0.6) is 0 Å². The van der Waals surface area contributed by atoms with Crippen LogP contribution in [0.3, 0.4) is 0 Å². The highest BCUT2D eigenvalue weighted by molar-refractivity contribution is 5.94. The molecule has 0 heterocycles. The molecule has 0 amide bonds. The van der Waals surface area contributed by atoms with Crippen LogP contribution in [0.25, 0.3) is 5.57 Å². The second kappa shape index (κ2) is 13.3. The van der Waals surface area contributed by atoms with E-state index in [0.29, 0.717) is 17.1 Å². The number of benzene rings is 1. The Bertz CT molecular complexity index is 1010. The highest BCUT2D eigenvalue weighted by Gasteiger charge is 2.15. The minimum absolute atomic E-state index is 0.350. The van der Waals surface area contributed by atoms with E-state index < -0.39 is 0 Å². The zero-order valence-corrected chi connectivity index (χ0v) is 21.7. The average Bonchev–Trinajstić information content (AvgIpc) is 2.74. The van der Waals surface area contributed by atoms with Gasteiger partial charge in [-0.25, -0.2) is 4.99 Å². The van der Waals surface area contributed by atoms with Gasteiger partial charge in [-0.05, 0) is 75.5 Å². The standard InChI is InChI=1S/C28H40N4O/c1-10-13-23(28-19(3)14-12-15-20(28)4)17-24(26(11-2)30-7)25(18-33)22(6)31-27(29)16-21(5)32(8)9/h11-18,30H,10H2,1-9H3,(H2,29,31)/b21-16-,23-13-,24-17-,25-22+,26-11+. The minimum Gasteiger partial charge on any atom is -0.388 e. The van der Waals surface area contributed by atoms with Crippen LogP contribution in [-0.2, 0) is 4.79 Å². The quantitative estimate of drug-likeness (QED) is 0.164. The summed E-state index contributed by atoms with van der Waals surface area (Å²) >= 11 is 0. The summed E-state index contributed by atoms with van der Waals surface area (Å²) in [4.78, 5) is 18.8. The first-order chi connectivity index (χ1) is 15.6. The third kappa shape index (κ3) is 7.63. The van der Waals surface area contributed by atoms with Gasteiger partial charge in [0.2, 0.25) is 0 Å². The first-order valence-electron chi connectivity index (χ1n) is 11.3. The summed E-state index contributed by atoms with van der Waals surface area (Å²) in [7, 11) is 5.74. The maximum Gasteiger partial charge on any atom is 0.152 e. The number of aldehydes is 1. The Labute approximate surface area is 200 Å². The number of amidine groups is 1. The maximum absolute atomic E-state index is 12.3. The number of nitrogens with zero attached hydrogens (tertiary/aromatic N) is 2. The number of rotatable bonds is 10. The summed E-state index contributed by atoms with van der Waals surface area (Å²) < 4.78 is 0. The number of hydrogen-bond donors (Lipinski definition) is 2. The molecule has 0 fully saturated rings. The topological polar surface area (TPSA) is 70.7 Å². The monoisotopic (exact) mass is 448 g/mol. The van der Waals surface area contributed by atoms with Crippen LogP contribution >= 0.6 is 0 Å². The van der Waals surface area contributed by atoms with Crippen molar-refractivity contribution in [3.8, 4) is 0 Å². The number of likely N-dealkylation sites (N-methyl/N-ethyl adjacent to an activating group) is 1. The van der Waals surface area contributed by atoms with Gasteiger partial charge in [0.05, 0.1) is 5.70 Å². The fraction of sp³-hybridized carbons (Fsp3) is 0.357. The van der Waals surface area contributed by atoms with Crippen LogP contribution in [-0.4, -0.2) is 38.2 Å². The largest absolute Gasteiger partial charge is 0.388 e.